The van der Waals surface area contributed by atoms with E-state index in [1.165, 1.54) is 21.1 Å². The molecular formula is C23H28N2O2. The van der Waals surface area contributed by atoms with Gasteiger partial charge in [0.05, 0.1) is 11.4 Å². The molecule has 1 saturated heterocycles. The van der Waals surface area contributed by atoms with Gasteiger partial charge in [0.25, 0.3) is 11.8 Å². The summed E-state index contributed by atoms with van der Waals surface area (Å²) >= 11 is 0. The second-order valence-electron chi connectivity index (χ2n) is 8.35. The molecule has 142 valence electrons. The Kier molecular flexibility index (Phi) is 4.85. The van der Waals surface area contributed by atoms with Crippen molar-refractivity contribution in [2.45, 2.75) is 53.4 Å². The van der Waals surface area contributed by atoms with Gasteiger partial charge < -0.3 is 0 Å². The number of rotatable bonds is 4. The molecule has 1 aliphatic rings. The molecule has 0 N–H and O–H groups in total. The van der Waals surface area contributed by atoms with E-state index < -0.39 is 5.41 Å². The van der Waals surface area contributed by atoms with Crippen molar-refractivity contribution in [3.05, 3.63) is 59.7 Å². The number of anilines is 2. The summed E-state index contributed by atoms with van der Waals surface area (Å²) in [7, 11) is 0. The van der Waals surface area contributed by atoms with Gasteiger partial charge in [-0.25, -0.2) is 10.0 Å². The van der Waals surface area contributed by atoms with Crippen molar-refractivity contribution in [1.29, 1.82) is 0 Å². The van der Waals surface area contributed by atoms with Gasteiger partial charge >= 0.3 is 0 Å². The Morgan fingerprint density at radius 1 is 0.630 bits per heavy atom. The number of benzene rings is 2. The zero-order valence-corrected chi connectivity index (χ0v) is 17.0. The molecule has 2 aromatic carbocycles. The van der Waals surface area contributed by atoms with E-state index in [0.717, 1.165) is 0 Å². The smallest absolute Gasteiger partial charge is 0.261 e. The third-order valence-corrected chi connectivity index (χ3v) is 5.26. The minimum atomic E-state index is -1.09. The van der Waals surface area contributed by atoms with E-state index in [2.05, 4.69) is 27.7 Å². The van der Waals surface area contributed by atoms with E-state index in [-0.39, 0.29) is 11.8 Å². The molecule has 1 heterocycles. The number of hydrogen-bond acceptors (Lipinski definition) is 2. The Bertz CT molecular complexity index is 777. The average Bonchev–Trinajstić information content (AvgIpc) is 2.82. The molecule has 27 heavy (non-hydrogen) atoms. The minimum Gasteiger partial charge on any atom is -0.271 e. The van der Waals surface area contributed by atoms with E-state index in [9.17, 15) is 9.59 Å². The number of nitrogens with zero attached hydrogens (tertiary/aromatic N) is 2. The molecule has 3 rings (SSSR count). The highest BCUT2D eigenvalue weighted by molar-refractivity contribution is 6.25. The largest absolute Gasteiger partial charge is 0.271 e. The predicted molar refractivity (Wildman–Crippen MR) is 110 cm³/mol. The molecule has 0 spiro atoms. The third kappa shape index (κ3) is 3.25. The standard InChI is InChI=1S/C23H28N2O2/c1-15(2)17-7-11-19(12-8-17)24-21(26)23(5,6)22(27)25(24)20-13-9-18(10-14-20)16(3)4/h7-16H,1-6H3. The van der Waals surface area contributed by atoms with Crippen LogP contribution in [0.5, 0.6) is 0 Å². The first kappa shape index (κ1) is 19.2. The van der Waals surface area contributed by atoms with Crippen LogP contribution in [-0.4, -0.2) is 11.8 Å². The monoisotopic (exact) mass is 364 g/mol. The number of carbonyl (C=O) groups excluding carboxylic acids is 2. The van der Waals surface area contributed by atoms with Crippen LogP contribution < -0.4 is 10.0 Å². The Balaban J connectivity index is 2.05. The molecule has 0 atom stereocenters. The lowest BCUT2D eigenvalue weighted by Gasteiger charge is -2.28. The van der Waals surface area contributed by atoms with Gasteiger partial charge in [-0.15, -0.1) is 0 Å². The van der Waals surface area contributed by atoms with Crippen molar-refractivity contribution in [2.75, 3.05) is 10.0 Å². The molecule has 1 aliphatic heterocycles. The second-order valence-corrected chi connectivity index (χ2v) is 8.35. The van der Waals surface area contributed by atoms with Crippen LogP contribution in [0.4, 0.5) is 11.4 Å². The molecular weight excluding hydrogens is 336 g/mol. The SMILES string of the molecule is CC(C)c1ccc(N2C(=O)C(C)(C)C(=O)N2c2ccc(C(C)C)cc2)cc1. The molecule has 4 nitrogen and oxygen atoms in total. The fourth-order valence-corrected chi connectivity index (χ4v) is 3.27. The van der Waals surface area contributed by atoms with Crippen LogP contribution in [0, 0.1) is 5.41 Å². The quantitative estimate of drug-likeness (QED) is 0.695. The Hall–Kier alpha value is -2.62. The summed E-state index contributed by atoms with van der Waals surface area (Å²) in [5, 5.41) is 3.02. The first-order valence-corrected chi connectivity index (χ1v) is 9.53. The highest BCUT2D eigenvalue weighted by Gasteiger charge is 2.53. The molecule has 0 saturated carbocycles. The van der Waals surface area contributed by atoms with Gasteiger partial charge in [0.1, 0.15) is 5.41 Å². The number of hydrogen-bond donors (Lipinski definition) is 0. The normalized spacial score (nSPS) is 16.7. The molecule has 2 amide bonds. The number of hydrazine groups is 1. The van der Waals surface area contributed by atoms with Gasteiger partial charge in [-0.3, -0.25) is 9.59 Å². The summed E-state index contributed by atoms with van der Waals surface area (Å²) in [5.74, 6) is 0.396. The van der Waals surface area contributed by atoms with Gasteiger partial charge in [-0.05, 0) is 61.1 Å². The van der Waals surface area contributed by atoms with E-state index in [4.69, 9.17) is 0 Å². The van der Waals surface area contributed by atoms with Crippen LogP contribution in [0.1, 0.15) is 64.5 Å². The minimum absolute atomic E-state index is 0.210. The highest BCUT2D eigenvalue weighted by Crippen LogP contribution is 2.38. The molecule has 0 unspecified atom stereocenters. The molecule has 4 heteroatoms. The first-order chi connectivity index (χ1) is 12.6. The van der Waals surface area contributed by atoms with Crippen molar-refractivity contribution < 1.29 is 9.59 Å². The number of amides is 2. The molecule has 0 aliphatic carbocycles. The van der Waals surface area contributed by atoms with E-state index >= 15 is 0 Å². The lowest BCUT2D eigenvalue weighted by atomic mass is 9.92. The third-order valence-electron chi connectivity index (χ3n) is 5.26. The van der Waals surface area contributed by atoms with Crippen LogP contribution in [0.25, 0.3) is 0 Å². The van der Waals surface area contributed by atoms with E-state index in [0.29, 0.717) is 23.2 Å². The summed E-state index contributed by atoms with van der Waals surface area (Å²) < 4.78 is 0. The maximum Gasteiger partial charge on any atom is 0.261 e. The Morgan fingerprint density at radius 3 is 1.19 bits per heavy atom. The first-order valence-electron chi connectivity index (χ1n) is 9.53. The van der Waals surface area contributed by atoms with Crippen molar-refractivity contribution in [1.82, 2.24) is 0 Å². The van der Waals surface area contributed by atoms with Gasteiger partial charge in [0, 0.05) is 0 Å². The van der Waals surface area contributed by atoms with Gasteiger partial charge in [-0.2, -0.15) is 0 Å². The fraction of sp³-hybridized carbons (Fsp3) is 0.391. The van der Waals surface area contributed by atoms with E-state index in [1.54, 1.807) is 13.8 Å². The van der Waals surface area contributed by atoms with Crippen molar-refractivity contribution in [2.24, 2.45) is 5.41 Å². The second kappa shape index (κ2) is 6.84. The number of carbonyl (C=O) groups is 2. The highest BCUT2D eigenvalue weighted by atomic mass is 16.2. The van der Waals surface area contributed by atoms with E-state index in [1.807, 2.05) is 48.5 Å². The Labute approximate surface area is 161 Å². The maximum atomic E-state index is 13.1. The fourth-order valence-electron chi connectivity index (χ4n) is 3.27. The summed E-state index contributed by atoms with van der Waals surface area (Å²) in [4.78, 5) is 26.2. The predicted octanol–water partition coefficient (Wildman–Crippen LogP) is 5.25. The summed E-state index contributed by atoms with van der Waals surface area (Å²) in [6, 6.07) is 15.7. The lowest BCUT2D eigenvalue weighted by molar-refractivity contribution is -0.132. The molecule has 0 radical (unpaired) electrons. The topological polar surface area (TPSA) is 40.6 Å². The van der Waals surface area contributed by atoms with Gasteiger partial charge in [-0.1, -0.05) is 52.0 Å². The van der Waals surface area contributed by atoms with Crippen molar-refractivity contribution >= 4 is 23.2 Å². The zero-order chi connectivity index (χ0) is 19.9. The average molecular weight is 364 g/mol. The van der Waals surface area contributed by atoms with Gasteiger partial charge in [0.2, 0.25) is 0 Å². The van der Waals surface area contributed by atoms with Crippen molar-refractivity contribution in [3.8, 4) is 0 Å². The molecule has 0 aromatic heterocycles. The molecule has 1 fully saturated rings. The molecule has 2 aromatic rings. The van der Waals surface area contributed by atoms with Crippen molar-refractivity contribution in [3.63, 3.8) is 0 Å². The van der Waals surface area contributed by atoms with Crippen LogP contribution >= 0.6 is 0 Å². The lowest BCUT2D eigenvalue weighted by Crippen LogP contribution is -2.41. The maximum absolute atomic E-state index is 13.1. The Morgan fingerprint density at radius 2 is 0.926 bits per heavy atom. The van der Waals surface area contributed by atoms with Crippen LogP contribution in [0.3, 0.4) is 0 Å². The molecule has 0 bridgehead atoms. The zero-order valence-electron chi connectivity index (χ0n) is 17.0. The van der Waals surface area contributed by atoms with Crippen LogP contribution in [0.2, 0.25) is 0 Å². The van der Waals surface area contributed by atoms with Crippen LogP contribution in [-0.2, 0) is 9.59 Å². The summed E-state index contributed by atoms with van der Waals surface area (Å²) in [6.07, 6.45) is 0. The van der Waals surface area contributed by atoms with Crippen LogP contribution in [0.15, 0.2) is 48.5 Å². The van der Waals surface area contributed by atoms with Gasteiger partial charge in [0.15, 0.2) is 0 Å². The summed E-state index contributed by atoms with van der Waals surface area (Å²) in [5.41, 5.74) is 2.72. The summed E-state index contributed by atoms with van der Waals surface area (Å²) in [6.45, 7) is 11.9.